The number of azo groups is 2. The van der Waals surface area contributed by atoms with Crippen LogP contribution in [0, 0.1) is 0 Å². The van der Waals surface area contributed by atoms with Crippen LogP contribution >= 0.6 is 0 Å². The number of methoxy groups -OCH3 is 2. The second kappa shape index (κ2) is 12.9. The SMILES string of the molecule is COc1cc(N=Nc2n(C)nc[n+]2C)ccc1C1CCCN(c2ccc(N=Nc3n(C)nc[n+]3C)cc2OC)NCC1. The van der Waals surface area contributed by atoms with E-state index in [9.17, 15) is 0 Å². The van der Waals surface area contributed by atoms with Crippen LogP contribution in [0.5, 0.6) is 11.5 Å². The fraction of sp³-hybridized carbons (Fsp3) is 0.429. The predicted octanol–water partition coefficient (Wildman–Crippen LogP) is 3.93. The summed E-state index contributed by atoms with van der Waals surface area (Å²) in [5.41, 5.74) is 7.19. The molecule has 1 saturated heterocycles. The van der Waals surface area contributed by atoms with Gasteiger partial charge in [-0.15, -0.1) is 9.36 Å². The number of hydrogen-bond donors (Lipinski definition) is 1. The van der Waals surface area contributed by atoms with Crippen LogP contribution in [-0.4, -0.2) is 46.9 Å². The highest BCUT2D eigenvalue weighted by Gasteiger charge is 2.22. The van der Waals surface area contributed by atoms with Crippen molar-refractivity contribution in [1.29, 1.82) is 0 Å². The van der Waals surface area contributed by atoms with E-state index in [-0.39, 0.29) is 0 Å². The molecule has 0 spiro atoms. The number of anilines is 1. The van der Waals surface area contributed by atoms with Crippen molar-refractivity contribution >= 4 is 29.0 Å². The molecule has 1 aliphatic heterocycles. The number of aromatic nitrogens is 6. The van der Waals surface area contributed by atoms with Crippen LogP contribution in [0.15, 0.2) is 69.5 Å². The van der Waals surface area contributed by atoms with Crippen molar-refractivity contribution in [2.75, 3.05) is 32.3 Å². The van der Waals surface area contributed by atoms with Crippen LogP contribution in [-0.2, 0) is 28.2 Å². The maximum absolute atomic E-state index is 5.79. The van der Waals surface area contributed by atoms with E-state index in [2.05, 4.69) is 47.2 Å². The third kappa shape index (κ3) is 6.28. The number of nitrogens with zero attached hydrogens (tertiary/aromatic N) is 11. The highest BCUT2D eigenvalue weighted by Crippen LogP contribution is 2.37. The summed E-state index contributed by atoms with van der Waals surface area (Å²) in [7, 11) is 10.8. The van der Waals surface area contributed by atoms with E-state index in [1.165, 1.54) is 5.56 Å². The molecule has 0 bridgehead atoms. The molecule has 0 radical (unpaired) electrons. The molecule has 1 N–H and O–H groups in total. The van der Waals surface area contributed by atoms with Crippen LogP contribution in [0.3, 0.4) is 0 Å². The average Bonchev–Trinajstić information content (AvgIpc) is 3.48. The molecule has 1 aliphatic rings. The summed E-state index contributed by atoms with van der Waals surface area (Å²) in [6.07, 6.45) is 6.36. The first-order chi connectivity index (χ1) is 20.4. The quantitative estimate of drug-likeness (QED) is 0.251. The van der Waals surface area contributed by atoms with Crippen molar-refractivity contribution in [2.24, 2.45) is 48.6 Å². The lowest BCUT2D eigenvalue weighted by Gasteiger charge is -2.31. The molecule has 42 heavy (non-hydrogen) atoms. The monoisotopic (exact) mass is 574 g/mol. The number of ether oxygens (including phenoxy) is 2. The molecular formula is C28H38N12O2+2. The standard InChI is InChI=1S/C28H38N12O2/c1-36-18-30-38(3)27(36)34-32-21-9-11-23(25(16-21)41-5)20-8-7-15-40(29-14-13-20)24-12-10-22(17-26(24)42-6)33-35-28-37(2)19-31-39(28)4/h9-12,16-20,29H,7-8,13-15H2,1-6H3/q+2. The topological polar surface area (TPSA) is 127 Å². The molecule has 220 valence electrons. The zero-order valence-electron chi connectivity index (χ0n) is 25.0. The van der Waals surface area contributed by atoms with Gasteiger partial charge >= 0.3 is 11.9 Å². The van der Waals surface area contributed by atoms with E-state index in [0.717, 1.165) is 55.2 Å². The number of rotatable bonds is 8. The lowest BCUT2D eigenvalue weighted by atomic mass is 9.89. The summed E-state index contributed by atoms with van der Waals surface area (Å²) in [4.78, 5) is 0. The van der Waals surface area contributed by atoms with Crippen molar-refractivity contribution in [3.05, 3.63) is 54.6 Å². The molecule has 0 saturated carbocycles. The first kappa shape index (κ1) is 28.8. The van der Waals surface area contributed by atoms with Crippen molar-refractivity contribution in [1.82, 2.24) is 25.0 Å². The second-order valence-electron chi connectivity index (χ2n) is 10.2. The molecule has 5 rings (SSSR count). The largest absolute Gasteiger partial charge is 0.496 e. The van der Waals surface area contributed by atoms with Gasteiger partial charge in [-0.1, -0.05) is 16.3 Å². The Morgan fingerprint density at radius 2 is 1.40 bits per heavy atom. The predicted molar refractivity (Wildman–Crippen MR) is 155 cm³/mol. The van der Waals surface area contributed by atoms with Crippen molar-refractivity contribution in [3.63, 3.8) is 0 Å². The third-order valence-electron chi connectivity index (χ3n) is 7.36. The van der Waals surface area contributed by atoms with Crippen LogP contribution in [0.1, 0.15) is 30.7 Å². The molecule has 14 heteroatoms. The normalized spacial score (nSPS) is 16.2. The van der Waals surface area contributed by atoms with Crippen molar-refractivity contribution in [3.8, 4) is 11.5 Å². The van der Waals surface area contributed by atoms with E-state index in [1.54, 1.807) is 36.2 Å². The van der Waals surface area contributed by atoms with Gasteiger partial charge in [-0.25, -0.2) is 14.6 Å². The van der Waals surface area contributed by atoms with Gasteiger partial charge in [-0.3, -0.25) is 0 Å². The molecule has 2 aromatic heterocycles. The van der Waals surface area contributed by atoms with Gasteiger partial charge in [0.25, 0.3) is 0 Å². The summed E-state index contributed by atoms with van der Waals surface area (Å²) in [5, 5.41) is 28.0. The number of hydrazine groups is 1. The van der Waals surface area contributed by atoms with Crippen LogP contribution in [0.4, 0.5) is 29.0 Å². The number of aryl methyl sites for hydroxylation is 4. The average molecular weight is 575 g/mol. The third-order valence-corrected chi connectivity index (χ3v) is 7.36. The first-order valence-corrected chi connectivity index (χ1v) is 13.8. The molecule has 1 atom stereocenters. The smallest absolute Gasteiger partial charge is 0.403 e. The van der Waals surface area contributed by atoms with E-state index in [1.807, 2.05) is 67.7 Å². The van der Waals surface area contributed by atoms with E-state index >= 15 is 0 Å². The molecule has 0 aliphatic carbocycles. The molecule has 0 amide bonds. The summed E-state index contributed by atoms with van der Waals surface area (Å²) in [6, 6.07) is 11.9. The van der Waals surface area contributed by atoms with Gasteiger partial charge in [-0.05, 0) is 59.1 Å². The van der Waals surface area contributed by atoms with Crippen LogP contribution in [0.2, 0.25) is 0 Å². The van der Waals surface area contributed by atoms with Gasteiger partial charge in [0.2, 0.25) is 12.7 Å². The molecule has 4 aromatic rings. The summed E-state index contributed by atoms with van der Waals surface area (Å²) >= 11 is 0. The lowest BCUT2D eigenvalue weighted by Crippen LogP contribution is -2.41. The Kier molecular flexibility index (Phi) is 8.81. The minimum absolute atomic E-state index is 0.355. The van der Waals surface area contributed by atoms with Gasteiger partial charge in [0.15, 0.2) is 0 Å². The Morgan fingerprint density at radius 3 is 1.98 bits per heavy atom. The summed E-state index contributed by atoms with van der Waals surface area (Å²) in [5.74, 6) is 3.22. The summed E-state index contributed by atoms with van der Waals surface area (Å²) in [6.45, 7) is 1.63. The molecule has 3 heterocycles. The Bertz CT molecular complexity index is 1430. The molecule has 1 fully saturated rings. The minimum atomic E-state index is 0.355. The van der Waals surface area contributed by atoms with E-state index in [0.29, 0.717) is 23.5 Å². The maximum Gasteiger partial charge on any atom is 0.403 e. The number of hydrogen-bond acceptors (Lipinski definition) is 10. The molecular weight excluding hydrogens is 536 g/mol. The van der Waals surface area contributed by atoms with E-state index in [4.69, 9.17) is 9.47 Å². The number of benzene rings is 2. The first-order valence-electron chi connectivity index (χ1n) is 13.8. The molecule has 1 unspecified atom stereocenters. The summed E-state index contributed by atoms with van der Waals surface area (Å²) < 4.78 is 18.5. The molecule has 14 nitrogen and oxygen atoms in total. The zero-order valence-corrected chi connectivity index (χ0v) is 25.0. The van der Waals surface area contributed by atoms with Gasteiger partial charge in [0.05, 0.1) is 48.1 Å². The fourth-order valence-electron chi connectivity index (χ4n) is 5.11. The highest BCUT2D eigenvalue weighted by molar-refractivity contribution is 5.63. The van der Waals surface area contributed by atoms with Crippen LogP contribution < -0.4 is 29.0 Å². The highest BCUT2D eigenvalue weighted by atomic mass is 16.5. The van der Waals surface area contributed by atoms with Gasteiger partial charge in [-0.2, -0.15) is 0 Å². The lowest BCUT2D eigenvalue weighted by molar-refractivity contribution is -0.659. The zero-order chi connectivity index (χ0) is 29.6. The minimum Gasteiger partial charge on any atom is -0.496 e. The maximum atomic E-state index is 5.79. The fourth-order valence-corrected chi connectivity index (χ4v) is 5.11. The van der Waals surface area contributed by atoms with Gasteiger partial charge < -0.3 is 14.5 Å². The Balaban J connectivity index is 1.25. The molecule has 2 aromatic carbocycles. The van der Waals surface area contributed by atoms with E-state index < -0.39 is 0 Å². The second-order valence-corrected chi connectivity index (χ2v) is 10.2. The van der Waals surface area contributed by atoms with Crippen molar-refractivity contribution < 1.29 is 18.6 Å². The number of nitrogens with one attached hydrogen (secondary N) is 1. The Hall–Kier alpha value is -4.72. The van der Waals surface area contributed by atoms with Gasteiger partial charge in [0, 0.05) is 35.5 Å². The Labute approximate surface area is 244 Å². The van der Waals surface area contributed by atoms with Gasteiger partial charge in [0.1, 0.15) is 22.9 Å². The van der Waals surface area contributed by atoms with Crippen molar-refractivity contribution in [2.45, 2.75) is 25.2 Å². The Morgan fingerprint density at radius 1 is 0.810 bits per heavy atom. The van der Waals surface area contributed by atoms with Crippen LogP contribution in [0.25, 0.3) is 0 Å².